The number of fused-ring (bicyclic) bond motifs is 1. The van der Waals surface area contributed by atoms with E-state index in [0.29, 0.717) is 22.7 Å². The molecule has 0 spiro atoms. The van der Waals surface area contributed by atoms with Crippen LogP contribution in [-0.4, -0.2) is 24.3 Å². The lowest BCUT2D eigenvalue weighted by atomic mass is 10.1. The van der Waals surface area contributed by atoms with Crippen LogP contribution < -0.4 is 9.47 Å². The molecule has 3 aromatic carbocycles. The van der Waals surface area contributed by atoms with Gasteiger partial charge in [0.2, 0.25) is 5.89 Å². The number of hydrogen-bond donors (Lipinski definition) is 1. The third kappa shape index (κ3) is 3.25. The van der Waals surface area contributed by atoms with Crippen LogP contribution >= 0.6 is 0 Å². The van der Waals surface area contributed by atoms with Crippen LogP contribution in [0, 0.1) is 0 Å². The smallest absolute Gasteiger partial charge is 0.332 e. The summed E-state index contributed by atoms with van der Waals surface area (Å²) in [5.74, 6) is 0.895. The lowest BCUT2D eigenvalue weighted by Gasteiger charge is -2.07. The third-order valence-electron chi connectivity index (χ3n) is 4.24. The maximum absolute atomic E-state index is 10.1. The van der Waals surface area contributed by atoms with Gasteiger partial charge in [0.05, 0.1) is 19.9 Å². The minimum absolute atomic E-state index is 0.00211. The van der Waals surface area contributed by atoms with E-state index < -0.39 is 5.95 Å². The summed E-state index contributed by atoms with van der Waals surface area (Å²) < 4.78 is 15.8. The summed E-state index contributed by atoms with van der Waals surface area (Å²) in [5.41, 5.74) is 1.28. The fraction of sp³-hybridized carbons (Fsp3) is 0.0952. The lowest BCUT2D eigenvalue weighted by Crippen LogP contribution is -1.90. The van der Waals surface area contributed by atoms with E-state index in [2.05, 4.69) is 15.2 Å². The molecule has 4 rings (SSSR count). The second-order valence-corrected chi connectivity index (χ2v) is 5.92. The average molecular weight is 375 g/mol. The highest BCUT2D eigenvalue weighted by Crippen LogP contribution is 2.37. The zero-order valence-electron chi connectivity index (χ0n) is 15.3. The highest BCUT2D eigenvalue weighted by Gasteiger charge is 2.16. The zero-order chi connectivity index (χ0) is 19.5. The molecule has 0 saturated heterocycles. The first kappa shape index (κ1) is 17.5. The van der Waals surface area contributed by atoms with E-state index in [1.807, 2.05) is 42.5 Å². The molecule has 7 nitrogen and oxygen atoms in total. The molecular formula is C21H17N3O4. The monoisotopic (exact) mass is 375 g/mol. The van der Waals surface area contributed by atoms with Gasteiger partial charge >= 0.3 is 5.95 Å². The molecule has 7 heteroatoms. The van der Waals surface area contributed by atoms with Crippen molar-refractivity contribution in [1.82, 2.24) is 4.98 Å². The Balaban J connectivity index is 1.67. The summed E-state index contributed by atoms with van der Waals surface area (Å²) >= 11 is 0. The molecule has 0 saturated carbocycles. The van der Waals surface area contributed by atoms with Gasteiger partial charge in [-0.25, -0.2) is 0 Å². The maximum atomic E-state index is 10.1. The summed E-state index contributed by atoms with van der Waals surface area (Å²) in [6.45, 7) is 0. The van der Waals surface area contributed by atoms with E-state index in [1.165, 1.54) is 0 Å². The molecule has 28 heavy (non-hydrogen) atoms. The van der Waals surface area contributed by atoms with Crippen molar-refractivity contribution in [2.75, 3.05) is 14.2 Å². The second-order valence-electron chi connectivity index (χ2n) is 5.92. The number of azo groups is 1. The van der Waals surface area contributed by atoms with Gasteiger partial charge in [0.15, 0.2) is 11.5 Å². The van der Waals surface area contributed by atoms with Crippen LogP contribution in [0.25, 0.3) is 22.2 Å². The number of aromatic nitrogens is 1. The quantitative estimate of drug-likeness (QED) is 0.456. The topological polar surface area (TPSA) is 89.4 Å². The molecular weight excluding hydrogens is 358 g/mol. The predicted molar refractivity (Wildman–Crippen MR) is 105 cm³/mol. The fourth-order valence-corrected chi connectivity index (χ4v) is 2.86. The number of oxazole rings is 1. The number of hydrogen-bond acceptors (Lipinski definition) is 7. The number of ether oxygens (including phenoxy) is 2. The Morgan fingerprint density at radius 2 is 1.68 bits per heavy atom. The van der Waals surface area contributed by atoms with E-state index in [9.17, 15) is 5.11 Å². The molecule has 0 fully saturated rings. The third-order valence-corrected chi connectivity index (χ3v) is 4.24. The molecule has 140 valence electrons. The molecule has 0 aliphatic carbocycles. The van der Waals surface area contributed by atoms with Crippen LogP contribution in [0.4, 0.5) is 11.5 Å². The van der Waals surface area contributed by atoms with Gasteiger partial charge in [-0.2, -0.15) is 4.98 Å². The summed E-state index contributed by atoms with van der Waals surface area (Å²) in [4.78, 5) is 4.23. The van der Waals surface area contributed by atoms with Crippen LogP contribution in [0.2, 0.25) is 0 Å². The Morgan fingerprint density at radius 3 is 2.50 bits per heavy atom. The van der Waals surface area contributed by atoms with Crippen LogP contribution in [0.1, 0.15) is 0 Å². The van der Waals surface area contributed by atoms with Crippen LogP contribution in [0.5, 0.6) is 17.4 Å². The standard InChI is InChI=1S/C21H17N3O4/c1-26-17-11-10-14(12-18(17)27-2)20-22-19(21(25)28-20)24-23-16-9-5-7-13-6-3-4-8-15(13)16/h3-12,25H,1-2H3. The van der Waals surface area contributed by atoms with Gasteiger partial charge in [0.1, 0.15) is 0 Å². The van der Waals surface area contributed by atoms with Crippen LogP contribution in [-0.2, 0) is 0 Å². The number of methoxy groups -OCH3 is 2. The van der Waals surface area contributed by atoms with Gasteiger partial charge in [0.25, 0.3) is 5.82 Å². The van der Waals surface area contributed by atoms with Gasteiger partial charge < -0.3 is 19.0 Å². The average Bonchev–Trinajstić information content (AvgIpc) is 3.12. The van der Waals surface area contributed by atoms with E-state index in [1.54, 1.807) is 32.4 Å². The Bertz CT molecular complexity index is 1160. The molecule has 0 aliphatic rings. The molecule has 1 heterocycles. The number of benzene rings is 3. The summed E-state index contributed by atoms with van der Waals surface area (Å²) in [5, 5.41) is 20.4. The Morgan fingerprint density at radius 1 is 0.893 bits per heavy atom. The maximum Gasteiger partial charge on any atom is 0.332 e. The summed E-state index contributed by atoms with van der Waals surface area (Å²) in [6, 6.07) is 18.8. The second kappa shape index (κ2) is 7.40. The van der Waals surface area contributed by atoms with Crippen LogP contribution in [0.3, 0.4) is 0 Å². The molecule has 0 radical (unpaired) electrons. The molecule has 4 aromatic rings. The minimum Gasteiger partial charge on any atom is -0.493 e. The highest BCUT2D eigenvalue weighted by molar-refractivity contribution is 5.92. The summed E-state index contributed by atoms with van der Waals surface area (Å²) in [6.07, 6.45) is 0. The van der Waals surface area contributed by atoms with Crippen molar-refractivity contribution in [1.29, 1.82) is 0 Å². The van der Waals surface area contributed by atoms with Crippen molar-refractivity contribution in [2.45, 2.75) is 0 Å². The van der Waals surface area contributed by atoms with Crippen molar-refractivity contribution in [3.8, 4) is 28.9 Å². The van der Waals surface area contributed by atoms with Gasteiger partial charge in [-0.15, -0.1) is 10.2 Å². The van der Waals surface area contributed by atoms with E-state index in [0.717, 1.165) is 10.8 Å². The van der Waals surface area contributed by atoms with Crippen LogP contribution in [0.15, 0.2) is 75.3 Å². The molecule has 0 atom stereocenters. The predicted octanol–water partition coefficient (Wildman–Crippen LogP) is 5.63. The number of rotatable bonds is 5. The van der Waals surface area contributed by atoms with Crippen molar-refractivity contribution >= 4 is 22.3 Å². The first-order valence-corrected chi connectivity index (χ1v) is 8.51. The van der Waals surface area contributed by atoms with E-state index in [-0.39, 0.29) is 11.7 Å². The van der Waals surface area contributed by atoms with Gasteiger partial charge in [-0.3, -0.25) is 0 Å². The Labute approximate surface area is 160 Å². The minimum atomic E-state index is -0.409. The lowest BCUT2D eigenvalue weighted by molar-refractivity contribution is 0.338. The van der Waals surface area contributed by atoms with Gasteiger partial charge in [-0.1, -0.05) is 36.4 Å². The SMILES string of the molecule is COc1ccc(-c2nc(N=Nc3cccc4ccccc34)c(O)o2)cc1OC. The first-order chi connectivity index (χ1) is 13.7. The number of aromatic hydroxyl groups is 1. The molecule has 0 bridgehead atoms. The number of nitrogens with zero attached hydrogens (tertiary/aromatic N) is 3. The summed E-state index contributed by atoms with van der Waals surface area (Å²) in [7, 11) is 3.10. The van der Waals surface area contributed by atoms with Gasteiger partial charge in [-0.05, 0) is 29.7 Å². The normalized spacial score (nSPS) is 11.2. The first-order valence-electron chi connectivity index (χ1n) is 8.51. The zero-order valence-corrected chi connectivity index (χ0v) is 15.3. The van der Waals surface area contributed by atoms with E-state index >= 15 is 0 Å². The highest BCUT2D eigenvalue weighted by atomic mass is 16.5. The Kier molecular flexibility index (Phi) is 4.63. The molecule has 0 amide bonds. The van der Waals surface area contributed by atoms with Crippen molar-refractivity contribution in [3.63, 3.8) is 0 Å². The molecule has 1 aromatic heterocycles. The molecule has 0 aliphatic heterocycles. The van der Waals surface area contributed by atoms with E-state index in [4.69, 9.17) is 13.9 Å². The fourth-order valence-electron chi connectivity index (χ4n) is 2.86. The van der Waals surface area contributed by atoms with Crippen molar-refractivity contribution in [2.24, 2.45) is 10.2 Å². The van der Waals surface area contributed by atoms with Crippen molar-refractivity contribution in [3.05, 3.63) is 60.7 Å². The largest absolute Gasteiger partial charge is 0.493 e. The Hall–Kier alpha value is -3.87. The molecule has 1 N–H and O–H groups in total. The van der Waals surface area contributed by atoms with Crippen molar-refractivity contribution < 1.29 is 19.0 Å². The van der Waals surface area contributed by atoms with Gasteiger partial charge in [0, 0.05) is 10.9 Å². The molecule has 0 unspecified atom stereocenters.